The van der Waals surface area contributed by atoms with Crippen LogP contribution in [0, 0.1) is 35.5 Å². The van der Waals surface area contributed by atoms with Crippen molar-refractivity contribution in [3.63, 3.8) is 0 Å². The summed E-state index contributed by atoms with van der Waals surface area (Å²) in [6.07, 6.45) is 8.82. The minimum absolute atomic E-state index is 0.0188. The molecule has 1 N–H and O–H groups in total. The third kappa shape index (κ3) is 4.28. The van der Waals surface area contributed by atoms with Gasteiger partial charge in [-0.1, -0.05) is 51.9 Å². The van der Waals surface area contributed by atoms with Crippen LogP contribution in [0.1, 0.15) is 72.1 Å². The van der Waals surface area contributed by atoms with Gasteiger partial charge in [0, 0.05) is 18.3 Å². The molecule has 1 spiro atoms. The summed E-state index contributed by atoms with van der Waals surface area (Å²) in [4.78, 5) is 0. The van der Waals surface area contributed by atoms with Crippen molar-refractivity contribution in [1.29, 1.82) is 0 Å². The Morgan fingerprint density at radius 2 is 1.70 bits per heavy atom. The molecule has 4 aliphatic rings. The molecule has 4 unspecified atom stereocenters. The Labute approximate surface area is 184 Å². The summed E-state index contributed by atoms with van der Waals surface area (Å²) in [6, 6.07) is 0. The lowest BCUT2D eigenvalue weighted by Crippen LogP contribution is -2.61. The number of aliphatic hydroxyl groups excluding tert-OH is 1. The first-order chi connectivity index (χ1) is 14.1. The quantitative estimate of drug-likeness (QED) is 0.495. The molecular weight excluding hydrogens is 392 g/mol. The molecule has 5 atom stereocenters. The van der Waals surface area contributed by atoms with Crippen LogP contribution in [0.4, 0.5) is 0 Å². The highest BCUT2D eigenvalue weighted by Gasteiger charge is 2.62. The third-order valence-electron chi connectivity index (χ3n) is 8.73. The fourth-order valence-electron chi connectivity index (χ4n) is 5.73. The van der Waals surface area contributed by atoms with Gasteiger partial charge in [-0.15, -0.1) is 0 Å². The van der Waals surface area contributed by atoms with Crippen LogP contribution in [0.3, 0.4) is 0 Å². The van der Waals surface area contributed by atoms with Gasteiger partial charge in [-0.25, -0.2) is 0 Å². The highest BCUT2D eigenvalue weighted by atomic mass is 28.4. The fraction of sp³-hybridized carbons (Fsp3) is 0.920. The van der Waals surface area contributed by atoms with Gasteiger partial charge in [0.2, 0.25) is 0 Å². The molecule has 1 saturated heterocycles. The van der Waals surface area contributed by atoms with Crippen LogP contribution < -0.4 is 0 Å². The van der Waals surface area contributed by atoms with E-state index in [1.807, 2.05) is 0 Å². The topological polar surface area (TPSA) is 47.9 Å². The summed E-state index contributed by atoms with van der Waals surface area (Å²) >= 11 is 0. The smallest absolute Gasteiger partial charge is 0.193 e. The van der Waals surface area contributed by atoms with Crippen molar-refractivity contribution in [3.8, 4) is 11.8 Å². The zero-order valence-electron chi connectivity index (χ0n) is 19.7. The summed E-state index contributed by atoms with van der Waals surface area (Å²) < 4.78 is 18.7. The molecule has 0 bridgehead atoms. The van der Waals surface area contributed by atoms with Gasteiger partial charge in [0.1, 0.15) is 6.10 Å². The summed E-state index contributed by atoms with van der Waals surface area (Å²) in [5, 5.41) is 11.2. The molecule has 1 heterocycles. The molecule has 0 aromatic rings. The Morgan fingerprint density at radius 1 is 1.03 bits per heavy atom. The lowest BCUT2D eigenvalue weighted by molar-refractivity contribution is -0.302. The first kappa shape index (κ1) is 22.8. The normalized spacial score (nSPS) is 35.3. The average Bonchev–Trinajstić information content (AvgIpc) is 3.18. The maximum Gasteiger partial charge on any atom is 0.193 e. The second kappa shape index (κ2) is 8.52. The van der Waals surface area contributed by atoms with E-state index in [-0.39, 0.29) is 34.9 Å². The molecule has 30 heavy (non-hydrogen) atoms. The number of ether oxygens (including phenoxy) is 2. The number of aliphatic hydroxyl groups is 1. The monoisotopic (exact) mass is 434 g/mol. The van der Waals surface area contributed by atoms with E-state index in [1.165, 1.54) is 32.1 Å². The van der Waals surface area contributed by atoms with E-state index in [4.69, 9.17) is 13.9 Å². The summed E-state index contributed by atoms with van der Waals surface area (Å²) in [5.41, 5.74) is 0. The van der Waals surface area contributed by atoms with Crippen LogP contribution in [0.15, 0.2) is 0 Å². The van der Waals surface area contributed by atoms with Crippen LogP contribution in [0.5, 0.6) is 0 Å². The van der Waals surface area contributed by atoms with Gasteiger partial charge in [-0.05, 0) is 55.7 Å². The maximum absolute atomic E-state index is 11.0. The fourth-order valence-corrected chi connectivity index (χ4v) is 6.97. The van der Waals surface area contributed by atoms with Crippen molar-refractivity contribution in [2.75, 3.05) is 13.2 Å². The zero-order valence-corrected chi connectivity index (χ0v) is 20.7. The van der Waals surface area contributed by atoms with Gasteiger partial charge >= 0.3 is 0 Å². The van der Waals surface area contributed by atoms with E-state index >= 15 is 0 Å². The molecule has 0 amide bonds. The number of hydrogen-bond donors (Lipinski definition) is 1. The summed E-state index contributed by atoms with van der Waals surface area (Å²) in [5.74, 6) is 7.92. The molecule has 1 aliphatic heterocycles. The van der Waals surface area contributed by atoms with Crippen molar-refractivity contribution in [2.45, 2.75) is 108 Å². The number of fused-ring (bicyclic) bond motifs is 2. The maximum atomic E-state index is 11.0. The van der Waals surface area contributed by atoms with Gasteiger partial charge in [0.05, 0.1) is 19.3 Å². The lowest BCUT2D eigenvalue weighted by Gasteiger charge is -2.56. The lowest BCUT2D eigenvalue weighted by atomic mass is 9.57. The van der Waals surface area contributed by atoms with Gasteiger partial charge in [-0.3, -0.25) is 0 Å². The van der Waals surface area contributed by atoms with E-state index in [9.17, 15) is 5.11 Å². The predicted octanol–water partition coefficient (Wildman–Crippen LogP) is 5.11. The van der Waals surface area contributed by atoms with Crippen LogP contribution in [-0.4, -0.2) is 44.6 Å². The molecule has 0 radical (unpaired) electrons. The summed E-state index contributed by atoms with van der Waals surface area (Å²) in [7, 11) is -1.89. The van der Waals surface area contributed by atoms with Gasteiger partial charge in [0.25, 0.3) is 0 Å². The van der Waals surface area contributed by atoms with E-state index in [0.717, 1.165) is 19.3 Å². The largest absolute Gasteiger partial charge is 0.403 e. The predicted molar refractivity (Wildman–Crippen MR) is 121 cm³/mol. The first-order valence-electron chi connectivity index (χ1n) is 12.3. The van der Waals surface area contributed by atoms with Crippen LogP contribution in [0.25, 0.3) is 0 Å². The van der Waals surface area contributed by atoms with Crippen molar-refractivity contribution in [1.82, 2.24) is 0 Å². The third-order valence-corrected chi connectivity index (χ3v) is 13.2. The molecule has 0 aromatic heterocycles. The van der Waals surface area contributed by atoms with E-state index < -0.39 is 8.32 Å². The summed E-state index contributed by atoms with van der Waals surface area (Å²) in [6.45, 7) is 13.0. The second-order valence-corrected chi connectivity index (χ2v) is 16.4. The Bertz CT molecular complexity index is 661. The molecule has 170 valence electrons. The Hall–Kier alpha value is -0.383. The van der Waals surface area contributed by atoms with Crippen LogP contribution in [0.2, 0.25) is 18.1 Å². The van der Waals surface area contributed by atoms with Crippen LogP contribution in [-0.2, 0) is 13.9 Å². The van der Waals surface area contributed by atoms with Gasteiger partial charge in [-0.2, -0.15) is 0 Å². The Kier molecular flexibility index (Phi) is 6.47. The molecule has 3 saturated carbocycles. The van der Waals surface area contributed by atoms with Crippen molar-refractivity contribution < 1.29 is 19.0 Å². The Balaban J connectivity index is 1.46. The second-order valence-electron chi connectivity index (χ2n) is 11.6. The zero-order chi connectivity index (χ0) is 21.6. The first-order valence-corrected chi connectivity index (χ1v) is 15.2. The molecule has 4 rings (SSSR count). The van der Waals surface area contributed by atoms with Crippen molar-refractivity contribution in [2.24, 2.45) is 23.7 Å². The van der Waals surface area contributed by atoms with Gasteiger partial charge in [0.15, 0.2) is 14.1 Å². The van der Waals surface area contributed by atoms with E-state index in [0.29, 0.717) is 25.0 Å². The molecular formula is C25H42O4Si. The van der Waals surface area contributed by atoms with Crippen LogP contribution >= 0.6 is 0 Å². The van der Waals surface area contributed by atoms with E-state index in [2.05, 4.69) is 45.7 Å². The SMILES string of the molecule is CC(C)(C)[Si](C)(C)O[C@H](C#CC1CCC2C(CC23OCCO3)C1O)C1CCCCC1. The highest BCUT2D eigenvalue weighted by Crippen LogP contribution is 2.57. The minimum atomic E-state index is -1.89. The van der Waals surface area contributed by atoms with E-state index in [1.54, 1.807) is 0 Å². The average molecular weight is 435 g/mol. The van der Waals surface area contributed by atoms with Gasteiger partial charge < -0.3 is 19.0 Å². The Morgan fingerprint density at radius 3 is 2.33 bits per heavy atom. The standard InChI is InChI=1S/C25H42O4Si/c1-24(2,3)30(4,5)29-22(18-9-7-6-8-10-18)14-12-19-11-13-21-20(23(19)26)17-25(21)27-15-16-28-25/h18-23,26H,6-11,13,15-17H2,1-5H3/t19?,20?,21?,22-,23?/m1/s1. The molecule has 0 aromatic carbocycles. The highest BCUT2D eigenvalue weighted by molar-refractivity contribution is 6.74. The molecule has 4 fully saturated rings. The minimum Gasteiger partial charge on any atom is -0.403 e. The molecule has 5 heteroatoms. The molecule has 3 aliphatic carbocycles. The number of hydrogen-bond acceptors (Lipinski definition) is 4. The molecule has 4 nitrogen and oxygen atoms in total. The number of rotatable bonds is 3. The van der Waals surface area contributed by atoms with Crippen molar-refractivity contribution >= 4 is 8.32 Å². The van der Waals surface area contributed by atoms with Crippen molar-refractivity contribution in [3.05, 3.63) is 0 Å².